The van der Waals surface area contributed by atoms with Gasteiger partial charge >= 0.3 is 0 Å². The number of unbranched alkanes of at least 4 members (excludes halogenated alkanes) is 16. The molecule has 8 heteroatoms. The van der Waals surface area contributed by atoms with Crippen LogP contribution in [0.5, 0.6) is 0 Å². The third kappa shape index (κ3) is 49.4. The van der Waals surface area contributed by atoms with E-state index in [1.165, 1.54) is 89.9 Å². The van der Waals surface area contributed by atoms with E-state index in [0.717, 1.165) is 39.5 Å². The number of carbonyl (C=O) groups is 4. The molecule has 0 aliphatic heterocycles. The van der Waals surface area contributed by atoms with Crippen molar-refractivity contribution >= 4 is 23.8 Å². The van der Waals surface area contributed by atoms with Crippen LogP contribution in [-0.2, 0) is 19.2 Å². The summed E-state index contributed by atoms with van der Waals surface area (Å²) in [5, 5.41) is 20.8. The van der Waals surface area contributed by atoms with Gasteiger partial charge in [-0.25, -0.2) is 0 Å². The molecule has 0 aliphatic rings. The minimum absolute atomic E-state index is 0.00173. The lowest BCUT2D eigenvalue weighted by Gasteiger charge is -2.15. The number of rotatable bonds is 23. The molecule has 2 amide bonds. The van der Waals surface area contributed by atoms with Crippen molar-refractivity contribution in [1.82, 2.24) is 10.6 Å². The Morgan fingerprint density at radius 2 is 0.821 bits per heavy atom. The molecule has 0 bridgehead atoms. The summed E-state index contributed by atoms with van der Waals surface area (Å²) in [7, 11) is 0. The Kier molecular flexibility index (Phi) is 36.0. The summed E-state index contributed by atoms with van der Waals surface area (Å²) in [6, 6.07) is -0.00173. The van der Waals surface area contributed by atoms with Gasteiger partial charge < -0.3 is 20.8 Å². The molecular formula is C31H62N2O6. The molecule has 1 unspecified atom stereocenters. The Morgan fingerprint density at radius 3 is 1.15 bits per heavy atom. The van der Waals surface area contributed by atoms with Crippen LogP contribution in [0.3, 0.4) is 0 Å². The first-order valence-corrected chi connectivity index (χ1v) is 15.5. The van der Waals surface area contributed by atoms with Gasteiger partial charge in [-0.2, -0.15) is 0 Å². The van der Waals surface area contributed by atoms with Gasteiger partial charge in [0, 0.05) is 39.3 Å². The van der Waals surface area contributed by atoms with E-state index in [1.54, 1.807) is 0 Å². The Labute approximate surface area is 239 Å². The van der Waals surface area contributed by atoms with Gasteiger partial charge in [-0.3, -0.25) is 19.2 Å². The van der Waals surface area contributed by atoms with Gasteiger partial charge in [0.25, 0.3) is 11.9 Å². The van der Waals surface area contributed by atoms with Crippen LogP contribution in [0.2, 0.25) is 0 Å². The SMILES string of the molecule is CC(=O)O.CC(=O)O.CCCCCCCCCCCC(=O)NCC(C)NC(=O)CCCCCCCCCCC. The molecule has 39 heavy (non-hydrogen) atoms. The molecule has 4 N–H and O–H groups in total. The number of aliphatic carboxylic acids is 2. The van der Waals surface area contributed by atoms with Crippen LogP contribution in [0.4, 0.5) is 0 Å². The van der Waals surface area contributed by atoms with E-state index in [2.05, 4.69) is 24.5 Å². The number of hydrogen-bond acceptors (Lipinski definition) is 4. The third-order valence-electron chi connectivity index (χ3n) is 6.03. The number of carboxylic acid groups (broad SMARTS) is 2. The summed E-state index contributed by atoms with van der Waals surface area (Å²) in [4.78, 5) is 42.0. The molecule has 0 heterocycles. The fourth-order valence-electron chi connectivity index (χ4n) is 3.95. The standard InChI is InChI=1S/C27H54N2O2.2C2H4O2/c1-4-6-8-10-12-14-16-18-20-22-26(30)28-24-25(3)29-27(31)23-21-19-17-15-13-11-9-7-5-2;2*1-2(3)4/h25H,4-24H2,1-3H3,(H,28,30)(H,29,31);2*1H3,(H,3,4). The number of hydrogen-bond donors (Lipinski definition) is 4. The molecule has 0 aromatic rings. The first-order chi connectivity index (χ1) is 18.6. The molecule has 8 nitrogen and oxygen atoms in total. The predicted octanol–water partition coefficient (Wildman–Crippen LogP) is 7.63. The van der Waals surface area contributed by atoms with E-state index in [-0.39, 0.29) is 17.9 Å². The predicted molar refractivity (Wildman–Crippen MR) is 161 cm³/mol. The molecule has 232 valence electrons. The Morgan fingerprint density at radius 1 is 0.538 bits per heavy atom. The van der Waals surface area contributed by atoms with Gasteiger partial charge in [-0.1, -0.05) is 117 Å². The zero-order chi connectivity index (χ0) is 30.2. The summed E-state index contributed by atoms with van der Waals surface area (Å²) in [6.45, 7) is 9.16. The lowest BCUT2D eigenvalue weighted by atomic mass is 10.1. The zero-order valence-corrected chi connectivity index (χ0v) is 26.0. The molecule has 0 aromatic heterocycles. The molecule has 0 aromatic carbocycles. The van der Waals surface area contributed by atoms with E-state index in [1.807, 2.05) is 6.92 Å². The number of amides is 2. The maximum Gasteiger partial charge on any atom is 0.300 e. The second-order valence-electron chi connectivity index (χ2n) is 10.5. The van der Waals surface area contributed by atoms with E-state index < -0.39 is 11.9 Å². The van der Waals surface area contributed by atoms with Crippen molar-refractivity contribution in [2.24, 2.45) is 0 Å². The summed E-state index contributed by atoms with van der Waals surface area (Å²) < 4.78 is 0. The van der Waals surface area contributed by atoms with E-state index >= 15 is 0 Å². The van der Waals surface area contributed by atoms with E-state index in [0.29, 0.717) is 19.4 Å². The van der Waals surface area contributed by atoms with Crippen LogP contribution in [0.25, 0.3) is 0 Å². The van der Waals surface area contributed by atoms with Crippen molar-refractivity contribution in [3.8, 4) is 0 Å². The average molecular weight is 559 g/mol. The Bertz CT molecular complexity index is 563. The highest BCUT2D eigenvalue weighted by molar-refractivity contribution is 5.77. The van der Waals surface area contributed by atoms with Crippen LogP contribution in [0.15, 0.2) is 0 Å². The van der Waals surface area contributed by atoms with Crippen molar-refractivity contribution in [3.05, 3.63) is 0 Å². The largest absolute Gasteiger partial charge is 0.481 e. The van der Waals surface area contributed by atoms with Crippen molar-refractivity contribution < 1.29 is 29.4 Å². The minimum Gasteiger partial charge on any atom is -0.481 e. The number of carbonyl (C=O) groups excluding carboxylic acids is 2. The second-order valence-corrected chi connectivity index (χ2v) is 10.5. The highest BCUT2D eigenvalue weighted by Gasteiger charge is 2.09. The van der Waals surface area contributed by atoms with Crippen LogP contribution in [0, 0.1) is 0 Å². The highest BCUT2D eigenvalue weighted by Crippen LogP contribution is 2.11. The van der Waals surface area contributed by atoms with Gasteiger partial charge in [0.2, 0.25) is 11.8 Å². The first-order valence-electron chi connectivity index (χ1n) is 15.5. The minimum atomic E-state index is -0.833. The van der Waals surface area contributed by atoms with Gasteiger partial charge in [-0.05, 0) is 19.8 Å². The quantitative estimate of drug-likeness (QED) is 0.0953. The maximum atomic E-state index is 12.0. The first kappa shape index (κ1) is 41.4. The normalized spacial score (nSPS) is 10.8. The molecule has 0 spiro atoms. The fraction of sp³-hybridized carbons (Fsp3) is 0.871. The Balaban J connectivity index is -0.00000141. The maximum absolute atomic E-state index is 12.0. The lowest BCUT2D eigenvalue weighted by molar-refractivity contribution is -0.135. The van der Waals surface area contributed by atoms with Crippen LogP contribution < -0.4 is 10.6 Å². The highest BCUT2D eigenvalue weighted by atomic mass is 16.4. The van der Waals surface area contributed by atoms with Gasteiger partial charge in [0.1, 0.15) is 0 Å². The molecule has 0 rings (SSSR count). The lowest BCUT2D eigenvalue weighted by Crippen LogP contribution is -2.41. The van der Waals surface area contributed by atoms with Gasteiger partial charge in [0.15, 0.2) is 0 Å². The summed E-state index contributed by atoms with van der Waals surface area (Å²) in [5.74, 6) is -1.44. The summed E-state index contributed by atoms with van der Waals surface area (Å²) in [5.41, 5.74) is 0. The van der Waals surface area contributed by atoms with Crippen molar-refractivity contribution in [3.63, 3.8) is 0 Å². The van der Waals surface area contributed by atoms with Crippen molar-refractivity contribution in [2.75, 3.05) is 6.54 Å². The topological polar surface area (TPSA) is 133 Å². The smallest absolute Gasteiger partial charge is 0.300 e. The molecule has 0 saturated carbocycles. The molecule has 1 atom stereocenters. The van der Waals surface area contributed by atoms with E-state index in [4.69, 9.17) is 19.8 Å². The van der Waals surface area contributed by atoms with Gasteiger partial charge in [-0.15, -0.1) is 0 Å². The van der Waals surface area contributed by atoms with E-state index in [9.17, 15) is 9.59 Å². The van der Waals surface area contributed by atoms with Crippen LogP contribution >= 0.6 is 0 Å². The third-order valence-corrected chi connectivity index (χ3v) is 6.03. The van der Waals surface area contributed by atoms with Crippen molar-refractivity contribution in [2.45, 2.75) is 169 Å². The molecule has 0 aliphatic carbocycles. The molecule has 0 radical (unpaired) electrons. The molecule has 0 saturated heterocycles. The van der Waals surface area contributed by atoms with Crippen LogP contribution in [-0.4, -0.2) is 46.6 Å². The van der Waals surface area contributed by atoms with Gasteiger partial charge in [0.05, 0.1) is 0 Å². The van der Waals surface area contributed by atoms with Crippen molar-refractivity contribution in [1.29, 1.82) is 0 Å². The average Bonchev–Trinajstić information content (AvgIpc) is 2.85. The number of carboxylic acids is 2. The van der Waals surface area contributed by atoms with Crippen LogP contribution in [0.1, 0.15) is 163 Å². The molecular weight excluding hydrogens is 496 g/mol. The number of nitrogens with one attached hydrogen (secondary N) is 2. The zero-order valence-electron chi connectivity index (χ0n) is 26.0. The fourth-order valence-corrected chi connectivity index (χ4v) is 3.95. The summed E-state index contributed by atoms with van der Waals surface area (Å²) in [6.07, 6.45) is 24.0. The monoisotopic (exact) mass is 558 g/mol. The summed E-state index contributed by atoms with van der Waals surface area (Å²) >= 11 is 0. The second kappa shape index (κ2) is 33.9. The Hall–Kier alpha value is -2.12. The molecule has 0 fully saturated rings.